The smallest absolute Gasteiger partial charge is 0.238 e. The van der Waals surface area contributed by atoms with Gasteiger partial charge in [-0.25, -0.2) is 13.6 Å². The molecule has 1 aromatic rings. The maximum absolute atomic E-state index is 12.0. The van der Waals surface area contributed by atoms with E-state index in [0.717, 1.165) is 5.56 Å². The number of nitrogens with zero attached hydrogens (tertiary/aromatic N) is 1. The van der Waals surface area contributed by atoms with Crippen LogP contribution in [0.2, 0.25) is 0 Å². The van der Waals surface area contributed by atoms with Crippen molar-refractivity contribution in [2.24, 2.45) is 11.1 Å². The van der Waals surface area contributed by atoms with E-state index >= 15 is 0 Å². The molecule has 112 valence electrons. The molecule has 0 aliphatic rings. The molecular weight excluding hydrogens is 276 g/mol. The molecule has 0 spiro atoms. The summed E-state index contributed by atoms with van der Waals surface area (Å²) >= 11 is 0. The maximum atomic E-state index is 12.0. The van der Waals surface area contributed by atoms with Crippen LogP contribution in [0.4, 0.5) is 0 Å². The Morgan fingerprint density at radius 1 is 1.20 bits per heavy atom. The van der Waals surface area contributed by atoms with E-state index in [-0.39, 0.29) is 16.8 Å². The Bertz CT molecular complexity index is 565. The second-order valence-electron chi connectivity index (χ2n) is 5.39. The van der Waals surface area contributed by atoms with Crippen LogP contribution in [0.5, 0.6) is 0 Å². The predicted octanol–water partition coefficient (Wildman–Crippen LogP) is 1.90. The number of sulfonamides is 1. The molecule has 1 amide bonds. The van der Waals surface area contributed by atoms with Gasteiger partial charge in [0, 0.05) is 13.5 Å². The number of carbonyl (C=O) groups is 1. The van der Waals surface area contributed by atoms with Gasteiger partial charge in [-0.2, -0.15) is 0 Å². The highest BCUT2D eigenvalue weighted by molar-refractivity contribution is 7.89. The third-order valence-electron chi connectivity index (χ3n) is 3.25. The zero-order valence-corrected chi connectivity index (χ0v) is 13.1. The molecule has 1 unspecified atom stereocenters. The molecule has 0 fully saturated rings. The Labute approximate surface area is 120 Å². The Balaban J connectivity index is 2.87. The summed E-state index contributed by atoms with van der Waals surface area (Å²) in [6, 6.07) is 6.17. The Kier molecular flexibility index (Phi) is 5.30. The fraction of sp³-hybridized carbons (Fsp3) is 0.500. The first-order valence-electron chi connectivity index (χ1n) is 6.51. The van der Waals surface area contributed by atoms with Crippen molar-refractivity contribution < 1.29 is 13.2 Å². The third-order valence-corrected chi connectivity index (χ3v) is 4.18. The molecule has 0 saturated carbocycles. The van der Waals surface area contributed by atoms with Crippen molar-refractivity contribution in [3.8, 4) is 0 Å². The molecule has 1 aromatic carbocycles. The summed E-state index contributed by atoms with van der Waals surface area (Å²) in [4.78, 5) is 13.8. The SMILES string of the molecule is CC(C)CC(=O)N(C)C(C)c1ccc(S(N)(=O)=O)cc1. The lowest BCUT2D eigenvalue weighted by molar-refractivity contribution is -0.132. The third kappa shape index (κ3) is 4.31. The standard InChI is InChI=1S/C14H22N2O3S/c1-10(2)9-14(17)16(4)11(3)12-5-7-13(8-6-12)20(15,18)19/h5-8,10-11H,9H2,1-4H3,(H2,15,18,19). The summed E-state index contributed by atoms with van der Waals surface area (Å²) < 4.78 is 22.4. The molecule has 0 aliphatic heterocycles. The molecule has 0 heterocycles. The number of rotatable bonds is 5. The van der Waals surface area contributed by atoms with Gasteiger partial charge < -0.3 is 4.90 Å². The number of primary sulfonamides is 1. The van der Waals surface area contributed by atoms with Gasteiger partial charge in [-0.05, 0) is 30.5 Å². The van der Waals surface area contributed by atoms with Crippen molar-refractivity contribution in [3.05, 3.63) is 29.8 Å². The first-order chi connectivity index (χ1) is 9.12. The summed E-state index contributed by atoms with van der Waals surface area (Å²) in [6.07, 6.45) is 0.496. The first kappa shape index (κ1) is 16.7. The van der Waals surface area contributed by atoms with E-state index < -0.39 is 10.0 Å². The van der Waals surface area contributed by atoms with Crippen LogP contribution in [-0.2, 0) is 14.8 Å². The fourth-order valence-corrected chi connectivity index (χ4v) is 2.38. The van der Waals surface area contributed by atoms with Gasteiger partial charge in [0.05, 0.1) is 10.9 Å². The molecule has 20 heavy (non-hydrogen) atoms. The summed E-state index contributed by atoms with van der Waals surface area (Å²) in [5.74, 6) is 0.380. The van der Waals surface area contributed by atoms with Crippen molar-refractivity contribution in [3.63, 3.8) is 0 Å². The molecule has 0 bridgehead atoms. The molecule has 0 radical (unpaired) electrons. The average Bonchev–Trinajstić information content (AvgIpc) is 2.35. The molecule has 6 heteroatoms. The fourth-order valence-electron chi connectivity index (χ4n) is 1.87. The van der Waals surface area contributed by atoms with E-state index in [1.54, 1.807) is 24.1 Å². The van der Waals surface area contributed by atoms with Crippen LogP contribution in [-0.4, -0.2) is 26.3 Å². The molecule has 5 nitrogen and oxygen atoms in total. The largest absolute Gasteiger partial charge is 0.339 e. The predicted molar refractivity (Wildman–Crippen MR) is 78.5 cm³/mol. The molecule has 1 atom stereocenters. The lowest BCUT2D eigenvalue weighted by atomic mass is 10.1. The van der Waals surface area contributed by atoms with Crippen molar-refractivity contribution in [2.45, 2.75) is 38.1 Å². The number of nitrogens with two attached hydrogens (primary N) is 1. The minimum Gasteiger partial charge on any atom is -0.339 e. The van der Waals surface area contributed by atoms with Gasteiger partial charge in [-0.1, -0.05) is 26.0 Å². The van der Waals surface area contributed by atoms with Crippen LogP contribution < -0.4 is 5.14 Å². The number of hydrogen-bond acceptors (Lipinski definition) is 3. The number of amides is 1. The number of carbonyl (C=O) groups excluding carboxylic acids is 1. The van der Waals surface area contributed by atoms with Gasteiger partial charge in [-0.3, -0.25) is 4.79 Å². The van der Waals surface area contributed by atoms with Crippen molar-refractivity contribution in [1.82, 2.24) is 4.90 Å². The maximum Gasteiger partial charge on any atom is 0.238 e. The van der Waals surface area contributed by atoms with Crippen LogP contribution in [0.25, 0.3) is 0 Å². The Morgan fingerprint density at radius 3 is 2.10 bits per heavy atom. The van der Waals surface area contributed by atoms with Gasteiger partial charge in [0.1, 0.15) is 0 Å². The monoisotopic (exact) mass is 298 g/mol. The van der Waals surface area contributed by atoms with Gasteiger partial charge >= 0.3 is 0 Å². The van der Waals surface area contributed by atoms with E-state index in [1.807, 2.05) is 20.8 Å². The normalized spacial score (nSPS) is 13.3. The van der Waals surface area contributed by atoms with E-state index in [9.17, 15) is 13.2 Å². The average molecular weight is 298 g/mol. The van der Waals surface area contributed by atoms with Crippen molar-refractivity contribution in [1.29, 1.82) is 0 Å². The minimum absolute atomic E-state index is 0.0722. The first-order valence-corrected chi connectivity index (χ1v) is 8.06. The second kappa shape index (κ2) is 6.37. The van der Waals surface area contributed by atoms with E-state index in [0.29, 0.717) is 12.3 Å². The zero-order chi connectivity index (χ0) is 15.5. The Morgan fingerprint density at radius 2 is 1.70 bits per heavy atom. The summed E-state index contributed by atoms with van der Waals surface area (Å²) in [7, 11) is -1.93. The van der Waals surface area contributed by atoms with E-state index in [4.69, 9.17) is 5.14 Å². The lowest BCUT2D eigenvalue weighted by Gasteiger charge is -2.26. The topological polar surface area (TPSA) is 80.5 Å². The van der Waals surface area contributed by atoms with Crippen molar-refractivity contribution in [2.75, 3.05) is 7.05 Å². The number of benzene rings is 1. The van der Waals surface area contributed by atoms with Crippen LogP contribution in [0, 0.1) is 5.92 Å². The molecule has 1 rings (SSSR count). The van der Waals surface area contributed by atoms with Gasteiger partial charge in [0.25, 0.3) is 0 Å². The summed E-state index contributed by atoms with van der Waals surface area (Å²) in [5, 5.41) is 5.05. The molecule has 0 aliphatic carbocycles. The lowest BCUT2D eigenvalue weighted by Crippen LogP contribution is -2.30. The molecular formula is C14H22N2O3S. The second-order valence-corrected chi connectivity index (χ2v) is 6.95. The van der Waals surface area contributed by atoms with Crippen LogP contribution >= 0.6 is 0 Å². The van der Waals surface area contributed by atoms with Gasteiger partial charge in [-0.15, -0.1) is 0 Å². The Hall–Kier alpha value is -1.40. The van der Waals surface area contributed by atoms with E-state index in [2.05, 4.69) is 0 Å². The van der Waals surface area contributed by atoms with Crippen LogP contribution in [0.1, 0.15) is 38.8 Å². The van der Waals surface area contributed by atoms with Gasteiger partial charge in [0.2, 0.25) is 15.9 Å². The van der Waals surface area contributed by atoms with E-state index in [1.165, 1.54) is 12.1 Å². The quantitative estimate of drug-likeness (QED) is 0.901. The van der Waals surface area contributed by atoms with Crippen molar-refractivity contribution >= 4 is 15.9 Å². The molecule has 2 N–H and O–H groups in total. The number of hydrogen-bond donors (Lipinski definition) is 1. The van der Waals surface area contributed by atoms with Crippen LogP contribution in [0.15, 0.2) is 29.2 Å². The molecule has 0 aromatic heterocycles. The summed E-state index contributed by atoms with van der Waals surface area (Å²) in [5.41, 5.74) is 0.872. The highest BCUT2D eigenvalue weighted by atomic mass is 32.2. The molecule has 0 saturated heterocycles. The zero-order valence-electron chi connectivity index (χ0n) is 12.3. The van der Waals surface area contributed by atoms with Gasteiger partial charge in [0.15, 0.2) is 0 Å². The van der Waals surface area contributed by atoms with Crippen LogP contribution in [0.3, 0.4) is 0 Å². The summed E-state index contributed by atoms with van der Waals surface area (Å²) in [6.45, 7) is 5.90. The highest BCUT2D eigenvalue weighted by Gasteiger charge is 2.18. The minimum atomic E-state index is -3.68. The highest BCUT2D eigenvalue weighted by Crippen LogP contribution is 2.21.